The summed E-state index contributed by atoms with van der Waals surface area (Å²) in [4.78, 5) is 11.4. The summed E-state index contributed by atoms with van der Waals surface area (Å²) in [6.07, 6.45) is -5.91. The van der Waals surface area contributed by atoms with E-state index in [1.165, 1.54) is 0 Å². The topological polar surface area (TPSA) is 126 Å². The molecule has 0 amide bonds. The lowest BCUT2D eigenvalue weighted by Gasteiger charge is -2.39. The number of aliphatic hydroxyl groups excluding tert-OH is 4. The highest BCUT2D eigenvalue weighted by atomic mass is 16.7. The highest BCUT2D eigenvalue weighted by molar-refractivity contribution is 5.71. The average Bonchev–Trinajstić information content (AvgIpc) is 2.49. The SMILES string of the molecule is CCC(C)C(=O)OCCOC1OC(CO)[C@H](O)[C@@H](O)C1O. The van der Waals surface area contributed by atoms with E-state index >= 15 is 0 Å². The van der Waals surface area contributed by atoms with Crippen molar-refractivity contribution in [3.63, 3.8) is 0 Å². The molecule has 1 heterocycles. The molecule has 8 heteroatoms. The Bertz CT molecular complexity index is 321. The van der Waals surface area contributed by atoms with E-state index in [-0.39, 0.29) is 25.1 Å². The second kappa shape index (κ2) is 8.62. The molecule has 1 aliphatic rings. The van der Waals surface area contributed by atoms with Crippen molar-refractivity contribution in [1.82, 2.24) is 0 Å². The molecule has 1 aliphatic heterocycles. The number of rotatable bonds is 7. The molecule has 4 unspecified atom stereocenters. The van der Waals surface area contributed by atoms with E-state index in [9.17, 15) is 20.1 Å². The minimum Gasteiger partial charge on any atom is -0.463 e. The van der Waals surface area contributed by atoms with Crippen molar-refractivity contribution in [2.75, 3.05) is 19.8 Å². The maximum Gasteiger partial charge on any atom is 0.308 e. The number of hydrogen-bond donors (Lipinski definition) is 4. The molecule has 0 aromatic rings. The van der Waals surface area contributed by atoms with Gasteiger partial charge < -0.3 is 34.6 Å². The number of carbonyl (C=O) groups excluding carboxylic acids is 1. The minimum absolute atomic E-state index is 0.0157. The first-order valence-corrected chi connectivity index (χ1v) is 7.01. The summed E-state index contributed by atoms with van der Waals surface area (Å²) >= 11 is 0. The van der Waals surface area contributed by atoms with Gasteiger partial charge >= 0.3 is 5.97 Å². The molecule has 0 aliphatic carbocycles. The Morgan fingerprint density at radius 3 is 2.43 bits per heavy atom. The van der Waals surface area contributed by atoms with Gasteiger partial charge in [0.2, 0.25) is 0 Å². The fourth-order valence-corrected chi connectivity index (χ4v) is 1.82. The monoisotopic (exact) mass is 308 g/mol. The molecular formula is C13H24O8. The van der Waals surface area contributed by atoms with Crippen LogP contribution in [0.2, 0.25) is 0 Å². The molecule has 4 N–H and O–H groups in total. The molecule has 1 rings (SSSR count). The number of aliphatic hydroxyl groups is 4. The first-order chi connectivity index (χ1) is 9.92. The first-order valence-electron chi connectivity index (χ1n) is 7.01. The summed E-state index contributed by atoms with van der Waals surface area (Å²) in [6, 6.07) is 0. The van der Waals surface area contributed by atoms with Crippen LogP contribution in [0.3, 0.4) is 0 Å². The first kappa shape index (κ1) is 18.3. The van der Waals surface area contributed by atoms with Gasteiger partial charge in [-0.25, -0.2) is 0 Å². The summed E-state index contributed by atoms with van der Waals surface area (Å²) in [5, 5.41) is 37.9. The smallest absolute Gasteiger partial charge is 0.308 e. The molecule has 0 saturated carbocycles. The largest absolute Gasteiger partial charge is 0.463 e. The number of esters is 1. The second-order valence-electron chi connectivity index (χ2n) is 5.04. The Balaban J connectivity index is 2.35. The van der Waals surface area contributed by atoms with Crippen molar-refractivity contribution >= 4 is 5.97 Å². The molecule has 21 heavy (non-hydrogen) atoms. The van der Waals surface area contributed by atoms with Crippen molar-refractivity contribution in [2.24, 2.45) is 5.92 Å². The van der Waals surface area contributed by atoms with Crippen molar-refractivity contribution in [3.8, 4) is 0 Å². The van der Waals surface area contributed by atoms with Crippen LogP contribution < -0.4 is 0 Å². The summed E-state index contributed by atoms with van der Waals surface area (Å²) in [5.74, 6) is -0.535. The molecular weight excluding hydrogens is 284 g/mol. The third-order valence-electron chi connectivity index (χ3n) is 3.47. The Morgan fingerprint density at radius 1 is 1.19 bits per heavy atom. The molecule has 0 bridgehead atoms. The van der Waals surface area contributed by atoms with Gasteiger partial charge in [0.25, 0.3) is 0 Å². The summed E-state index contributed by atoms with van der Waals surface area (Å²) < 4.78 is 15.3. The van der Waals surface area contributed by atoms with Crippen molar-refractivity contribution in [3.05, 3.63) is 0 Å². The quantitative estimate of drug-likeness (QED) is 0.327. The lowest BCUT2D eigenvalue weighted by molar-refractivity contribution is -0.302. The van der Waals surface area contributed by atoms with Gasteiger partial charge in [-0.1, -0.05) is 13.8 Å². The molecule has 124 valence electrons. The maximum atomic E-state index is 11.4. The molecule has 0 spiro atoms. The third-order valence-corrected chi connectivity index (χ3v) is 3.47. The van der Waals surface area contributed by atoms with Gasteiger partial charge in [0, 0.05) is 0 Å². The zero-order valence-electron chi connectivity index (χ0n) is 12.2. The van der Waals surface area contributed by atoms with Gasteiger partial charge in [0.1, 0.15) is 31.0 Å². The van der Waals surface area contributed by atoms with E-state index in [0.29, 0.717) is 6.42 Å². The number of ether oxygens (including phenoxy) is 3. The summed E-state index contributed by atoms with van der Waals surface area (Å²) in [7, 11) is 0. The van der Waals surface area contributed by atoms with E-state index in [1.807, 2.05) is 6.92 Å². The van der Waals surface area contributed by atoms with Gasteiger partial charge in [0.15, 0.2) is 6.29 Å². The number of hydrogen-bond acceptors (Lipinski definition) is 8. The van der Waals surface area contributed by atoms with Crippen LogP contribution in [0.1, 0.15) is 20.3 Å². The lowest BCUT2D eigenvalue weighted by atomic mass is 9.99. The minimum atomic E-state index is -1.48. The van der Waals surface area contributed by atoms with Crippen LogP contribution in [0, 0.1) is 5.92 Å². The fourth-order valence-electron chi connectivity index (χ4n) is 1.82. The van der Waals surface area contributed by atoms with Crippen LogP contribution in [0.5, 0.6) is 0 Å². The molecule has 0 aromatic heterocycles. The van der Waals surface area contributed by atoms with Gasteiger partial charge in [0.05, 0.1) is 19.1 Å². The van der Waals surface area contributed by atoms with Crippen molar-refractivity contribution in [1.29, 1.82) is 0 Å². The standard InChI is InChI=1S/C13H24O8/c1-3-7(2)12(18)19-4-5-20-13-11(17)10(16)9(15)8(6-14)21-13/h7-11,13-17H,3-6H2,1-2H3/t7?,8?,9-,10+,11?,13?/m0/s1. The van der Waals surface area contributed by atoms with Crippen LogP contribution >= 0.6 is 0 Å². The summed E-state index contributed by atoms with van der Waals surface area (Å²) in [6.45, 7) is 3.05. The zero-order valence-corrected chi connectivity index (χ0v) is 12.2. The van der Waals surface area contributed by atoms with Gasteiger partial charge in [-0.2, -0.15) is 0 Å². The van der Waals surface area contributed by atoms with Crippen LogP contribution in [0.4, 0.5) is 0 Å². The third kappa shape index (κ3) is 4.87. The van der Waals surface area contributed by atoms with Crippen LogP contribution in [-0.4, -0.2) is 76.9 Å². The number of carbonyl (C=O) groups is 1. The van der Waals surface area contributed by atoms with Crippen molar-refractivity contribution < 1.29 is 39.4 Å². The molecule has 1 saturated heterocycles. The predicted molar refractivity (Wildman–Crippen MR) is 70.1 cm³/mol. The van der Waals surface area contributed by atoms with E-state index in [2.05, 4.69) is 0 Å². The van der Waals surface area contributed by atoms with Gasteiger partial charge in [-0.3, -0.25) is 4.79 Å². The molecule has 0 aromatic carbocycles. The fraction of sp³-hybridized carbons (Fsp3) is 0.923. The van der Waals surface area contributed by atoms with E-state index < -0.39 is 37.3 Å². The van der Waals surface area contributed by atoms with E-state index in [4.69, 9.17) is 19.3 Å². The Labute approximate surface area is 123 Å². The highest BCUT2D eigenvalue weighted by Gasteiger charge is 2.43. The Hall–Kier alpha value is -0.770. The highest BCUT2D eigenvalue weighted by Crippen LogP contribution is 2.21. The second-order valence-corrected chi connectivity index (χ2v) is 5.04. The molecule has 0 radical (unpaired) electrons. The normalized spacial score (nSPS) is 34.5. The summed E-state index contributed by atoms with van der Waals surface area (Å²) in [5.41, 5.74) is 0. The Kier molecular flexibility index (Phi) is 7.50. The molecule has 8 nitrogen and oxygen atoms in total. The van der Waals surface area contributed by atoms with Crippen LogP contribution in [0.15, 0.2) is 0 Å². The van der Waals surface area contributed by atoms with Gasteiger partial charge in [-0.15, -0.1) is 0 Å². The molecule has 6 atom stereocenters. The van der Waals surface area contributed by atoms with Crippen LogP contribution in [-0.2, 0) is 19.0 Å². The molecule has 1 fully saturated rings. The van der Waals surface area contributed by atoms with Crippen LogP contribution in [0.25, 0.3) is 0 Å². The van der Waals surface area contributed by atoms with E-state index in [0.717, 1.165) is 0 Å². The van der Waals surface area contributed by atoms with Gasteiger partial charge in [-0.05, 0) is 6.42 Å². The Morgan fingerprint density at radius 2 is 1.86 bits per heavy atom. The van der Waals surface area contributed by atoms with E-state index in [1.54, 1.807) is 6.92 Å². The lowest BCUT2D eigenvalue weighted by Crippen LogP contribution is -2.59. The maximum absolute atomic E-state index is 11.4. The zero-order chi connectivity index (χ0) is 16.0. The van der Waals surface area contributed by atoms with Crippen molar-refractivity contribution in [2.45, 2.75) is 51.0 Å². The predicted octanol–water partition coefficient (Wildman–Crippen LogP) is -1.61. The average molecular weight is 308 g/mol.